The van der Waals surface area contributed by atoms with Crippen LogP contribution in [0, 0.1) is 0 Å². The standard InChI is InChI=1S/C57H49NO/c1-55(2,3)42-25-32-47-48-33-26-43(56(4,5)6)36-52(48)57(51(47)35-42)49-19-13-14-20-53(49)59-54-37-46(31-34-50(54)57)58(44-27-21-40(22-28-44)38-15-9-7-10-16-38)45-29-23-41(24-30-45)39-17-11-8-12-18-39/h7-37H,1-6H3. The van der Waals surface area contributed by atoms with Crippen molar-refractivity contribution >= 4 is 17.1 Å². The summed E-state index contributed by atoms with van der Waals surface area (Å²) >= 11 is 0. The van der Waals surface area contributed by atoms with Crippen LogP contribution in [0.15, 0.2) is 188 Å². The summed E-state index contributed by atoms with van der Waals surface area (Å²) in [4.78, 5) is 2.35. The average molecular weight is 764 g/mol. The van der Waals surface area contributed by atoms with E-state index in [0.717, 1.165) is 34.1 Å². The van der Waals surface area contributed by atoms with E-state index < -0.39 is 5.41 Å². The van der Waals surface area contributed by atoms with Crippen molar-refractivity contribution in [1.29, 1.82) is 0 Å². The molecular formula is C57H49NO. The first-order valence-corrected chi connectivity index (χ1v) is 20.8. The highest BCUT2D eigenvalue weighted by molar-refractivity contribution is 5.90. The van der Waals surface area contributed by atoms with Crippen molar-refractivity contribution < 1.29 is 4.74 Å². The zero-order valence-electron chi connectivity index (χ0n) is 34.8. The molecule has 0 unspecified atom stereocenters. The molecule has 288 valence electrons. The van der Waals surface area contributed by atoms with Crippen LogP contribution in [0.1, 0.15) is 74.9 Å². The van der Waals surface area contributed by atoms with Crippen LogP contribution in [0.25, 0.3) is 33.4 Å². The lowest BCUT2D eigenvalue weighted by molar-refractivity contribution is 0.436. The third kappa shape index (κ3) is 6.09. The number of anilines is 3. The summed E-state index contributed by atoms with van der Waals surface area (Å²) in [6, 6.07) is 69.0. The number of benzene rings is 8. The Morgan fingerprint density at radius 1 is 0.356 bits per heavy atom. The van der Waals surface area contributed by atoms with Crippen molar-refractivity contribution in [2.45, 2.75) is 57.8 Å². The molecule has 2 nitrogen and oxygen atoms in total. The first kappa shape index (κ1) is 36.7. The SMILES string of the molecule is CC(C)(C)c1ccc2c(c1)C1(c3ccccc3Oc3cc(N(c4ccc(-c5ccccc5)cc4)c4ccc(-c5ccccc5)cc4)ccc31)c1cc(C(C)(C)C)ccc1-2. The molecule has 8 aromatic rings. The molecule has 0 bridgehead atoms. The molecule has 8 aromatic carbocycles. The summed E-state index contributed by atoms with van der Waals surface area (Å²) < 4.78 is 7.08. The van der Waals surface area contributed by atoms with E-state index >= 15 is 0 Å². The van der Waals surface area contributed by atoms with Crippen LogP contribution in [0.2, 0.25) is 0 Å². The second-order valence-corrected chi connectivity index (χ2v) is 18.2. The summed E-state index contributed by atoms with van der Waals surface area (Å²) in [7, 11) is 0. The summed E-state index contributed by atoms with van der Waals surface area (Å²) in [5, 5.41) is 0. The number of rotatable bonds is 5. The van der Waals surface area contributed by atoms with Gasteiger partial charge in [0.15, 0.2) is 0 Å². The van der Waals surface area contributed by atoms with Gasteiger partial charge in [0.05, 0.1) is 5.41 Å². The molecule has 1 aliphatic heterocycles. The predicted octanol–water partition coefficient (Wildman–Crippen LogP) is 15.6. The van der Waals surface area contributed by atoms with Gasteiger partial charge in [0, 0.05) is 34.3 Å². The molecule has 1 aliphatic carbocycles. The molecule has 1 spiro atoms. The topological polar surface area (TPSA) is 12.5 Å². The molecule has 59 heavy (non-hydrogen) atoms. The van der Waals surface area contributed by atoms with Crippen molar-refractivity contribution in [3.63, 3.8) is 0 Å². The highest BCUT2D eigenvalue weighted by Crippen LogP contribution is 2.63. The van der Waals surface area contributed by atoms with Gasteiger partial charge in [-0.25, -0.2) is 0 Å². The average Bonchev–Trinajstić information content (AvgIpc) is 3.54. The lowest BCUT2D eigenvalue weighted by atomic mass is 9.65. The zero-order valence-corrected chi connectivity index (χ0v) is 34.8. The largest absolute Gasteiger partial charge is 0.457 e. The normalized spacial score (nSPS) is 13.5. The molecule has 0 radical (unpaired) electrons. The van der Waals surface area contributed by atoms with Gasteiger partial charge < -0.3 is 9.64 Å². The predicted molar refractivity (Wildman–Crippen MR) is 247 cm³/mol. The van der Waals surface area contributed by atoms with Gasteiger partial charge in [-0.3, -0.25) is 0 Å². The molecule has 0 fully saturated rings. The van der Waals surface area contributed by atoms with Crippen molar-refractivity contribution in [3.8, 4) is 44.9 Å². The van der Waals surface area contributed by atoms with Gasteiger partial charge in [0.25, 0.3) is 0 Å². The number of para-hydroxylation sites is 1. The van der Waals surface area contributed by atoms with Crippen LogP contribution in [0.5, 0.6) is 11.5 Å². The highest BCUT2D eigenvalue weighted by atomic mass is 16.5. The van der Waals surface area contributed by atoms with Crippen molar-refractivity contribution in [2.24, 2.45) is 0 Å². The monoisotopic (exact) mass is 763 g/mol. The fourth-order valence-corrected chi connectivity index (χ4v) is 9.32. The third-order valence-corrected chi connectivity index (χ3v) is 12.5. The van der Waals surface area contributed by atoms with Crippen LogP contribution in [-0.2, 0) is 16.2 Å². The molecule has 2 aliphatic rings. The van der Waals surface area contributed by atoms with E-state index in [1.54, 1.807) is 0 Å². The van der Waals surface area contributed by atoms with Crippen LogP contribution in [-0.4, -0.2) is 0 Å². The summed E-state index contributed by atoms with van der Waals surface area (Å²) in [5.41, 5.74) is 17.5. The lowest BCUT2D eigenvalue weighted by Gasteiger charge is -2.40. The maximum absolute atomic E-state index is 7.08. The van der Waals surface area contributed by atoms with E-state index in [1.165, 1.54) is 61.2 Å². The number of hydrogen-bond donors (Lipinski definition) is 0. The Labute approximate surface area is 349 Å². The van der Waals surface area contributed by atoms with E-state index in [2.05, 4.69) is 234 Å². The first-order chi connectivity index (χ1) is 28.5. The molecule has 1 heterocycles. The first-order valence-electron chi connectivity index (χ1n) is 20.8. The maximum atomic E-state index is 7.08. The van der Waals surface area contributed by atoms with Crippen molar-refractivity contribution in [1.82, 2.24) is 0 Å². The summed E-state index contributed by atoms with van der Waals surface area (Å²) in [5.74, 6) is 1.76. The van der Waals surface area contributed by atoms with Gasteiger partial charge in [-0.05, 0) is 103 Å². The molecular weight excluding hydrogens is 715 g/mol. The smallest absolute Gasteiger partial charge is 0.134 e. The molecule has 0 atom stereocenters. The lowest BCUT2D eigenvalue weighted by Crippen LogP contribution is -2.33. The molecule has 0 amide bonds. The van der Waals surface area contributed by atoms with E-state index in [9.17, 15) is 0 Å². The van der Waals surface area contributed by atoms with Crippen molar-refractivity contribution in [3.05, 3.63) is 221 Å². The fraction of sp³-hybridized carbons (Fsp3) is 0.158. The molecule has 10 rings (SSSR count). The Bertz CT molecular complexity index is 2690. The maximum Gasteiger partial charge on any atom is 0.134 e. The van der Waals surface area contributed by atoms with Gasteiger partial charge in [-0.15, -0.1) is 0 Å². The summed E-state index contributed by atoms with van der Waals surface area (Å²) in [6.07, 6.45) is 0. The Morgan fingerprint density at radius 3 is 1.27 bits per heavy atom. The quantitative estimate of drug-likeness (QED) is 0.173. The number of ether oxygens (including phenoxy) is 1. The Balaban J connectivity index is 1.19. The minimum absolute atomic E-state index is 0.0223. The number of fused-ring (bicyclic) bond motifs is 9. The second-order valence-electron chi connectivity index (χ2n) is 18.2. The molecule has 0 aromatic heterocycles. The Kier molecular flexibility index (Phi) is 8.54. The van der Waals surface area contributed by atoms with Gasteiger partial charge in [-0.1, -0.05) is 187 Å². The molecule has 0 saturated heterocycles. The van der Waals surface area contributed by atoms with Crippen LogP contribution >= 0.6 is 0 Å². The minimum Gasteiger partial charge on any atom is -0.457 e. The highest BCUT2D eigenvalue weighted by Gasteiger charge is 2.52. The third-order valence-electron chi connectivity index (χ3n) is 12.5. The van der Waals surface area contributed by atoms with E-state index in [-0.39, 0.29) is 10.8 Å². The molecule has 0 saturated carbocycles. The Hall–Kier alpha value is -6.64. The number of hydrogen-bond acceptors (Lipinski definition) is 2. The van der Waals surface area contributed by atoms with Crippen LogP contribution < -0.4 is 9.64 Å². The number of nitrogens with zero attached hydrogens (tertiary/aromatic N) is 1. The van der Waals surface area contributed by atoms with E-state index in [0.29, 0.717) is 0 Å². The van der Waals surface area contributed by atoms with Crippen LogP contribution in [0.4, 0.5) is 17.1 Å². The summed E-state index contributed by atoms with van der Waals surface area (Å²) in [6.45, 7) is 13.9. The van der Waals surface area contributed by atoms with Crippen LogP contribution in [0.3, 0.4) is 0 Å². The Morgan fingerprint density at radius 2 is 0.780 bits per heavy atom. The van der Waals surface area contributed by atoms with E-state index in [1.807, 2.05) is 0 Å². The van der Waals surface area contributed by atoms with Crippen molar-refractivity contribution in [2.75, 3.05) is 4.90 Å². The van der Waals surface area contributed by atoms with Gasteiger partial charge in [0.1, 0.15) is 11.5 Å². The fourth-order valence-electron chi connectivity index (χ4n) is 9.32. The van der Waals surface area contributed by atoms with E-state index in [4.69, 9.17) is 4.74 Å². The van der Waals surface area contributed by atoms with Gasteiger partial charge >= 0.3 is 0 Å². The zero-order chi connectivity index (χ0) is 40.5. The minimum atomic E-state index is -0.574. The van der Waals surface area contributed by atoms with Gasteiger partial charge in [0.2, 0.25) is 0 Å². The van der Waals surface area contributed by atoms with Gasteiger partial charge in [-0.2, -0.15) is 0 Å². The molecule has 2 heteroatoms. The second kappa shape index (κ2) is 13.7. The molecule has 0 N–H and O–H groups in total.